The van der Waals surface area contributed by atoms with E-state index in [0.717, 1.165) is 36.5 Å². The minimum absolute atomic E-state index is 0.698. The van der Waals surface area contributed by atoms with Gasteiger partial charge in [0.1, 0.15) is 5.69 Å². The molecule has 0 spiro atoms. The van der Waals surface area contributed by atoms with Crippen LogP contribution in [0, 0.1) is 5.92 Å². The largest absolute Gasteiger partial charge is 0.306 e. The molecule has 2 aromatic rings. The molecule has 0 N–H and O–H groups in total. The van der Waals surface area contributed by atoms with Gasteiger partial charge < -0.3 is 4.90 Å². The molecule has 0 amide bonds. The number of nitrogens with zero attached hydrogens (tertiary/aromatic N) is 5. The summed E-state index contributed by atoms with van der Waals surface area (Å²) in [7, 11) is 2.21. The summed E-state index contributed by atoms with van der Waals surface area (Å²) in [4.78, 5) is 11.7. The normalized spacial score (nSPS) is 19.5. The monoisotopic (exact) mass is 299 g/mol. The van der Waals surface area contributed by atoms with Crippen molar-refractivity contribution in [2.24, 2.45) is 5.92 Å². The number of hydrogen-bond acceptors (Lipinski definition) is 4. The third kappa shape index (κ3) is 3.53. The van der Waals surface area contributed by atoms with Crippen LogP contribution in [0.15, 0.2) is 24.7 Å². The Morgan fingerprint density at radius 2 is 2.23 bits per heavy atom. The minimum Gasteiger partial charge on any atom is -0.306 e. The van der Waals surface area contributed by atoms with Gasteiger partial charge in [-0.1, -0.05) is 6.92 Å². The van der Waals surface area contributed by atoms with Gasteiger partial charge >= 0.3 is 0 Å². The van der Waals surface area contributed by atoms with Crippen LogP contribution in [0.4, 0.5) is 0 Å². The zero-order chi connectivity index (χ0) is 15.4. The van der Waals surface area contributed by atoms with Crippen LogP contribution in [0.1, 0.15) is 31.9 Å². The fourth-order valence-corrected chi connectivity index (χ4v) is 3.30. The summed E-state index contributed by atoms with van der Waals surface area (Å²) >= 11 is 0. The van der Waals surface area contributed by atoms with Crippen molar-refractivity contribution in [2.45, 2.75) is 39.2 Å². The standard InChI is InChI=1S/C17H25N5/c1-3-8-22-17(6-7-19-22)16-12-18-11-15(20-16)10-14-5-4-9-21(2)13-14/h6-7,11-12,14H,3-5,8-10,13H2,1-2H3/t14-/m0/s1. The van der Waals surface area contributed by atoms with Crippen LogP contribution in [-0.4, -0.2) is 44.8 Å². The van der Waals surface area contributed by atoms with Crippen LogP contribution in [0.5, 0.6) is 0 Å². The zero-order valence-corrected chi connectivity index (χ0v) is 13.6. The lowest BCUT2D eigenvalue weighted by atomic mass is 9.94. The van der Waals surface area contributed by atoms with Gasteiger partial charge in [-0.2, -0.15) is 5.10 Å². The van der Waals surface area contributed by atoms with Crippen molar-refractivity contribution in [3.8, 4) is 11.4 Å². The predicted molar refractivity (Wildman–Crippen MR) is 87.5 cm³/mol. The van der Waals surface area contributed by atoms with Crippen molar-refractivity contribution in [3.63, 3.8) is 0 Å². The third-order valence-electron chi connectivity index (χ3n) is 4.32. The topological polar surface area (TPSA) is 46.8 Å². The molecule has 1 fully saturated rings. The summed E-state index contributed by atoms with van der Waals surface area (Å²) < 4.78 is 2.02. The van der Waals surface area contributed by atoms with E-state index in [0.29, 0.717) is 5.92 Å². The summed E-state index contributed by atoms with van der Waals surface area (Å²) in [6.07, 6.45) is 10.3. The van der Waals surface area contributed by atoms with Gasteiger partial charge in [-0.3, -0.25) is 9.67 Å². The highest BCUT2D eigenvalue weighted by atomic mass is 15.3. The molecule has 0 bridgehead atoms. The van der Waals surface area contributed by atoms with Gasteiger partial charge in [0.25, 0.3) is 0 Å². The van der Waals surface area contributed by atoms with Gasteiger partial charge in [-0.25, -0.2) is 4.98 Å². The van der Waals surface area contributed by atoms with E-state index in [1.807, 2.05) is 29.3 Å². The van der Waals surface area contributed by atoms with Crippen molar-refractivity contribution in [1.82, 2.24) is 24.6 Å². The average Bonchev–Trinajstić information content (AvgIpc) is 2.96. The molecule has 5 nitrogen and oxygen atoms in total. The molecule has 0 radical (unpaired) electrons. The van der Waals surface area contributed by atoms with Crippen LogP contribution < -0.4 is 0 Å². The highest BCUT2D eigenvalue weighted by molar-refractivity contribution is 5.52. The van der Waals surface area contributed by atoms with Crippen LogP contribution >= 0.6 is 0 Å². The molecule has 1 aliphatic heterocycles. The zero-order valence-electron chi connectivity index (χ0n) is 13.6. The molecular weight excluding hydrogens is 274 g/mol. The van der Waals surface area contributed by atoms with Crippen molar-refractivity contribution in [2.75, 3.05) is 20.1 Å². The van der Waals surface area contributed by atoms with Gasteiger partial charge in [-0.15, -0.1) is 0 Å². The Morgan fingerprint density at radius 1 is 1.32 bits per heavy atom. The maximum Gasteiger partial charge on any atom is 0.107 e. The molecule has 0 saturated carbocycles. The highest BCUT2D eigenvalue weighted by Gasteiger charge is 2.18. The van der Waals surface area contributed by atoms with Crippen molar-refractivity contribution in [3.05, 3.63) is 30.4 Å². The number of piperidine rings is 1. The predicted octanol–water partition coefficient (Wildman–Crippen LogP) is 2.63. The molecule has 5 heteroatoms. The molecule has 118 valence electrons. The van der Waals surface area contributed by atoms with E-state index in [-0.39, 0.29) is 0 Å². The van der Waals surface area contributed by atoms with Crippen molar-refractivity contribution >= 4 is 0 Å². The Balaban J connectivity index is 1.76. The van der Waals surface area contributed by atoms with E-state index >= 15 is 0 Å². The van der Waals surface area contributed by atoms with Gasteiger partial charge in [0.15, 0.2) is 0 Å². The molecule has 0 aliphatic carbocycles. The van der Waals surface area contributed by atoms with E-state index in [4.69, 9.17) is 4.98 Å². The molecule has 2 aromatic heterocycles. The Kier molecular flexibility index (Phi) is 4.83. The number of rotatable bonds is 5. The lowest BCUT2D eigenvalue weighted by Gasteiger charge is -2.29. The van der Waals surface area contributed by atoms with Crippen LogP contribution in [0.3, 0.4) is 0 Å². The molecule has 0 unspecified atom stereocenters. The first-order valence-electron chi connectivity index (χ1n) is 8.28. The quantitative estimate of drug-likeness (QED) is 0.851. The molecule has 0 aromatic carbocycles. The molecule has 3 rings (SSSR count). The summed E-state index contributed by atoms with van der Waals surface area (Å²) in [5, 5.41) is 4.38. The molecule has 22 heavy (non-hydrogen) atoms. The van der Waals surface area contributed by atoms with E-state index in [1.165, 1.54) is 25.9 Å². The van der Waals surface area contributed by atoms with Crippen LogP contribution in [0.2, 0.25) is 0 Å². The van der Waals surface area contributed by atoms with E-state index in [9.17, 15) is 0 Å². The first-order valence-corrected chi connectivity index (χ1v) is 8.28. The molecular formula is C17H25N5. The maximum absolute atomic E-state index is 4.84. The van der Waals surface area contributed by atoms with E-state index in [1.54, 1.807) is 0 Å². The van der Waals surface area contributed by atoms with Crippen molar-refractivity contribution < 1.29 is 0 Å². The summed E-state index contributed by atoms with van der Waals surface area (Å²) in [5.74, 6) is 0.698. The molecule has 1 atom stereocenters. The first-order chi connectivity index (χ1) is 10.8. The van der Waals surface area contributed by atoms with Gasteiger partial charge in [-0.05, 0) is 51.3 Å². The lowest BCUT2D eigenvalue weighted by Crippen LogP contribution is -2.33. The Hall–Kier alpha value is -1.75. The lowest BCUT2D eigenvalue weighted by molar-refractivity contribution is 0.208. The smallest absolute Gasteiger partial charge is 0.107 e. The molecule has 3 heterocycles. The molecule has 1 saturated heterocycles. The SMILES string of the molecule is CCCn1nccc1-c1cncc(C[C@@H]2CCCN(C)C2)n1. The van der Waals surface area contributed by atoms with Crippen LogP contribution in [-0.2, 0) is 13.0 Å². The Morgan fingerprint density at radius 3 is 3.05 bits per heavy atom. The Labute approximate surface area is 132 Å². The van der Waals surface area contributed by atoms with Gasteiger partial charge in [0.05, 0.1) is 17.6 Å². The van der Waals surface area contributed by atoms with Crippen LogP contribution in [0.25, 0.3) is 11.4 Å². The fraction of sp³-hybridized carbons (Fsp3) is 0.588. The summed E-state index contributed by atoms with van der Waals surface area (Å²) in [6.45, 7) is 5.47. The highest BCUT2D eigenvalue weighted by Crippen LogP contribution is 2.21. The van der Waals surface area contributed by atoms with Crippen molar-refractivity contribution in [1.29, 1.82) is 0 Å². The minimum atomic E-state index is 0.698. The molecule has 1 aliphatic rings. The number of aryl methyl sites for hydroxylation is 1. The number of likely N-dealkylation sites (tertiary alicyclic amines) is 1. The maximum atomic E-state index is 4.84. The second-order valence-corrected chi connectivity index (χ2v) is 6.31. The van der Waals surface area contributed by atoms with E-state index < -0.39 is 0 Å². The van der Waals surface area contributed by atoms with Gasteiger partial charge in [0.2, 0.25) is 0 Å². The first kappa shape index (κ1) is 15.2. The summed E-state index contributed by atoms with van der Waals surface area (Å²) in [6, 6.07) is 2.03. The average molecular weight is 299 g/mol. The second kappa shape index (κ2) is 7.01. The Bertz CT molecular complexity index is 607. The fourth-order valence-electron chi connectivity index (χ4n) is 3.30. The number of hydrogen-bond donors (Lipinski definition) is 0. The summed E-state index contributed by atoms with van der Waals surface area (Å²) in [5.41, 5.74) is 3.10. The van der Waals surface area contributed by atoms with E-state index in [2.05, 4.69) is 29.0 Å². The van der Waals surface area contributed by atoms with Gasteiger partial charge in [0, 0.05) is 25.5 Å². The number of aromatic nitrogens is 4. The third-order valence-corrected chi connectivity index (χ3v) is 4.32. The second-order valence-electron chi connectivity index (χ2n) is 6.31.